The molecule has 0 bridgehead atoms. The zero-order chi connectivity index (χ0) is 10.4. The Morgan fingerprint density at radius 3 is 2.64 bits per heavy atom. The molecule has 0 saturated carbocycles. The van der Waals surface area contributed by atoms with Crippen molar-refractivity contribution in [3.05, 3.63) is 20.8 Å². The highest BCUT2D eigenvalue weighted by Crippen LogP contribution is 2.38. The predicted molar refractivity (Wildman–Crippen MR) is 59.2 cm³/mol. The van der Waals surface area contributed by atoms with Gasteiger partial charge in [-0.15, -0.1) is 0 Å². The molecule has 1 fully saturated rings. The molecular formula is C8H9BrO3S2. The summed E-state index contributed by atoms with van der Waals surface area (Å²) < 4.78 is 23.4. The Labute approximate surface area is 94.8 Å². The van der Waals surface area contributed by atoms with Crippen LogP contribution in [0.5, 0.6) is 0 Å². The molecule has 3 nitrogen and oxygen atoms in total. The van der Waals surface area contributed by atoms with Crippen molar-refractivity contribution in [3.8, 4) is 0 Å². The molecule has 0 aromatic carbocycles. The molecule has 1 aromatic heterocycles. The monoisotopic (exact) mass is 296 g/mol. The molecule has 1 atom stereocenters. The van der Waals surface area contributed by atoms with Crippen molar-refractivity contribution in [1.29, 1.82) is 0 Å². The minimum Gasteiger partial charge on any atom is -0.384 e. The summed E-state index contributed by atoms with van der Waals surface area (Å²) in [4.78, 5) is 0. The highest BCUT2D eigenvalue weighted by molar-refractivity contribution is 9.10. The van der Waals surface area contributed by atoms with E-state index in [2.05, 4.69) is 15.9 Å². The van der Waals surface area contributed by atoms with Crippen molar-refractivity contribution in [2.24, 2.45) is 0 Å². The zero-order valence-corrected chi connectivity index (χ0v) is 10.5. The van der Waals surface area contributed by atoms with Crippen LogP contribution >= 0.6 is 27.3 Å². The van der Waals surface area contributed by atoms with Gasteiger partial charge in [-0.25, -0.2) is 8.42 Å². The summed E-state index contributed by atoms with van der Waals surface area (Å²) in [5.41, 5.74) is -0.485. The maximum absolute atomic E-state index is 11.3. The molecule has 1 aliphatic heterocycles. The van der Waals surface area contributed by atoms with Crippen molar-refractivity contribution in [2.45, 2.75) is 12.0 Å². The van der Waals surface area contributed by atoms with Crippen molar-refractivity contribution < 1.29 is 13.5 Å². The normalized spacial score (nSPS) is 30.7. The Hall–Kier alpha value is 0.0900. The maximum atomic E-state index is 11.3. The summed E-state index contributed by atoms with van der Waals surface area (Å²) in [7, 11) is -3.06. The quantitative estimate of drug-likeness (QED) is 0.855. The number of hydrogen-bond acceptors (Lipinski definition) is 4. The molecule has 0 spiro atoms. The second kappa shape index (κ2) is 3.30. The van der Waals surface area contributed by atoms with E-state index in [1.807, 2.05) is 5.38 Å². The predicted octanol–water partition coefficient (Wildman–Crippen LogP) is 1.52. The third-order valence-electron chi connectivity index (χ3n) is 2.40. The lowest BCUT2D eigenvalue weighted by Gasteiger charge is -2.19. The third kappa shape index (κ3) is 1.76. The fourth-order valence-electron chi connectivity index (χ4n) is 1.66. The topological polar surface area (TPSA) is 54.4 Å². The van der Waals surface area contributed by atoms with Crippen molar-refractivity contribution in [2.75, 3.05) is 11.5 Å². The van der Waals surface area contributed by atoms with E-state index in [0.717, 1.165) is 4.47 Å². The van der Waals surface area contributed by atoms with Gasteiger partial charge in [0.25, 0.3) is 0 Å². The SMILES string of the molecule is O=S1(=O)CCC(O)(c2cscc2Br)C1. The number of sulfone groups is 1. The second-order valence-electron chi connectivity index (χ2n) is 3.51. The van der Waals surface area contributed by atoms with E-state index in [-0.39, 0.29) is 11.5 Å². The highest BCUT2D eigenvalue weighted by atomic mass is 79.9. The first-order valence-electron chi connectivity index (χ1n) is 4.08. The van der Waals surface area contributed by atoms with Crippen molar-refractivity contribution in [3.63, 3.8) is 0 Å². The van der Waals surface area contributed by atoms with Crippen LogP contribution in [0.2, 0.25) is 0 Å². The number of rotatable bonds is 1. The molecule has 0 amide bonds. The van der Waals surface area contributed by atoms with Gasteiger partial charge in [0.05, 0.1) is 11.5 Å². The van der Waals surface area contributed by atoms with Crippen LogP contribution in [-0.2, 0) is 15.4 Å². The fraction of sp³-hybridized carbons (Fsp3) is 0.500. The standard InChI is InChI=1S/C8H9BrO3S2/c9-7-4-13-3-6(7)8(10)1-2-14(11,12)5-8/h3-4,10H,1-2,5H2. The van der Waals surface area contributed by atoms with E-state index in [0.29, 0.717) is 12.0 Å². The van der Waals surface area contributed by atoms with Crippen molar-refractivity contribution in [1.82, 2.24) is 0 Å². The fourth-order valence-corrected chi connectivity index (χ4v) is 5.23. The van der Waals surface area contributed by atoms with Gasteiger partial charge in [-0.2, -0.15) is 11.3 Å². The molecule has 0 radical (unpaired) electrons. The van der Waals surface area contributed by atoms with Gasteiger partial charge in [-0.1, -0.05) is 0 Å². The van der Waals surface area contributed by atoms with E-state index in [9.17, 15) is 13.5 Å². The lowest BCUT2D eigenvalue weighted by Crippen LogP contribution is -2.26. The van der Waals surface area contributed by atoms with Crippen LogP contribution in [-0.4, -0.2) is 25.0 Å². The van der Waals surface area contributed by atoms with Gasteiger partial charge in [0.1, 0.15) is 5.60 Å². The average Bonchev–Trinajstić information content (AvgIpc) is 2.57. The van der Waals surface area contributed by atoms with Crippen LogP contribution in [0.15, 0.2) is 15.2 Å². The van der Waals surface area contributed by atoms with Crippen molar-refractivity contribution >= 4 is 37.1 Å². The van der Waals surface area contributed by atoms with Gasteiger partial charge in [-0.05, 0) is 27.7 Å². The lowest BCUT2D eigenvalue weighted by molar-refractivity contribution is 0.0650. The van der Waals surface area contributed by atoms with Gasteiger partial charge in [-0.3, -0.25) is 0 Å². The van der Waals surface area contributed by atoms with E-state index in [1.54, 1.807) is 5.38 Å². The Bertz CT molecular complexity index is 451. The number of halogens is 1. The minimum atomic E-state index is -3.06. The Morgan fingerprint density at radius 2 is 2.21 bits per heavy atom. The molecule has 2 heterocycles. The van der Waals surface area contributed by atoms with E-state index >= 15 is 0 Å². The zero-order valence-electron chi connectivity index (χ0n) is 7.23. The summed E-state index contributed by atoms with van der Waals surface area (Å²) in [5.74, 6) is -0.0822. The molecule has 1 N–H and O–H groups in total. The molecule has 78 valence electrons. The van der Waals surface area contributed by atoms with Gasteiger partial charge < -0.3 is 5.11 Å². The first-order chi connectivity index (χ1) is 6.43. The molecule has 1 aromatic rings. The van der Waals surface area contributed by atoms with Crippen LogP contribution in [0.1, 0.15) is 12.0 Å². The van der Waals surface area contributed by atoms with Crippen LogP contribution in [0.4, 0.5) is 0 Å². The van der Waals surface area contributed by atoms with Gasteiger partial charge >= 0.3 is 0 Å². The first kappa shape index (κ1) is 10.6. The number of thiophene rings is 1. The first-order valence-corrected chi connectivity index (χ1v) is 7.64. The Kier molecular flexibility index (Phi) is 2.50. The largest absolute Gasteiger partial charge is 0.384 e. The summed E-state index contributed by atoms with van der Waals surface area (Å²) >= 11 is 4.75. The molecular weight excluding hydrogens is 288 g/mol. The van der Waals surface area contributed by atoms with Crippen LogP contribution in [0.3, 0.4) is 0 Å². The third-order valence-corrected chi connectivity index (χ3v) is 5.85. The van der Waals surface area contributed by atoms with Crippen LogP contribution in [0, 0.1) is 0 Å². The summed E-state index contributed by atoms with van der Waals surface area (Å²) in [6.07, 6.45) is 0.296. The van der Waals surface area contributed by atoms with E-state index in [4.69, 9.17) is 0 Å². The summed E-state index contributed by atoms with van der Waals surface area (Å²) in [5, 5.41) is 13.8. The number of hydrogen-bond donors (Lipinski definition) is 1. The Balaban J connectivity index is 2.41. The van der Waals surface area contributed by atoms with E-state index < -0.39 is 15.4 Å². The van der Waals surface area contributed by atoms with Crippen LogP contribution < -0.4 is 0 Å². The molecule has 1 unspecified atom stereocenters. The Morgan fingerprint density at radius 1 is 1.50 bits per heavy atom. The van der Waals surface area contributed by atoms with E-state index in [1.165, 1.54) is 11.3 Å². The smallest absolute Gasteiger partial charge is 0.153 e. The molecule has 2 rings (SSSR count). The van der Waals surface area contributed by atoms with Gasteiger partial charge in [0.2, 0.25) is 0 Å². The lowest BCUT2D eigenvalue weighted by atomic mass is 9.96. The summed E-state index contributed by atoms with van der Waals surface area (Å²) in [6.45, 7) is 0. The maximum Gasteiger partial charge on any atom is 0.153 e. The van der Waals surface area contributed by atoms with Gasteiger partial charge in [0, 0.05) is 15.4 Å². The minimum absolute atomic E-state index is 0.0752. The molecule has 1 saturated heterocycles. The summed E-state index contributed by atoms with van der Waals surface area (Å²) in [6, 6.07) is 0. The number of aliphatic hydroxyl groups is 1. The molecule has 1 aliphatic rings. The highest BCUT2D eigenvalue weighted by Gasteiger charge is 2.43. The molecule has 6 heteroatoms. The molecule has 0 aliphatic carbocycles. The van der Waals surface area contributed by atoms with Gasteiger partial charge in [0.15, 0.2) is 9.84 Å². The average molecular weight is 297 g/mol. The van der Waals surface area contributed by atoms with Crippen LogP contribution in [0.25, 0.3) is 0 Å². The molecule has 14 heavy (non-hydrogen) atoms. The second-order valence-corrected chi connectivity index (χ2v) is 7.29.